The number of thiophene rings is 1. The third-order valence-electron chi connectivity index (χ3n) is 2.66. The standard InChI is InChI=1S/C15H20N2OS/c1-11(2)18-15-10-12(5-6-14(15)16)17-8-7-13-4-3-9-19-13/h3-6,9-11,17H,7-8,16H2,1-2H3. The first-order valence-electron chi connectivity index (χ1n) is 6.47. The van der Waals surface area contributed by atoms with Crippen molar-refractivity contribution in [2.24, 2.45) is 0 Å². The Kier molecular flexibility index (Phi) is 4.68. The van der Waals surface area contributed by atoms with Crippen LogP contribution in [0.15, 0.2) is 35.7 Å². The van der Waals surface area contributed by atoms with Gasteiger partial charge < -0.3 is 15.8 Å². The molecule has 1 aromatic carbocycles. The molecule has 3 nitrogen and oxygen atoms in total. The fourth-order valence-corrected chi connectivity index (χ4v) is 2.49. The lowest BCUT2D eigenvalue weighted by atomic mass is 10.2. The number of hydrogen-bond donors (Lipinski definition) is 2. The van der Waals surface area contributed by atoms with Crippen molar-refractivity contribution in [2.75, 3.05) is 17.6 Å². The Morgan fingerprint density at radius 2 is 2.16 bits per heavy atom. The van der Waals surface area contributed by atoms with E-state index < -0.39 is 0 Å². The highest BCUT2D eigenvalue weighted by molar-refractivity contribution is 7.09. The maximum atomic E-state index is 5.89. The topological polar surface area (TPSA) is 47.3 Å². The summed E-state index contributed by atoms with van der Waals surface area (Å²) in [4.78, 5) is 1.39. The van der Waals surface area contributed by atoms with Crippen molar-refractivity contribution in [1.82, 2.24) is 0 Å². The number of nitrogens with two attached hydrogens (primary N) is 1. The largest absolute Gasteiger partial charge is 0.489 e. The minimum atomic E-state index is 0.128. The molecule has 0 spiro atoms. The molecule has 3 N–H and O–H groups in total. The number of ether oxygens (including phenoxy) is 1. The number of nitrogens with one attached hydrogen (secondary N) is 1. The monoisotopic (exact) mass is 276 g/mol. The molecule has 0 bridgehead atoms. The predicted molar refractivity (Wildman–Crippen MR) is 83.1 cm³/mol. The minimum Gasteiger partial charge on any atom is -0.489 e. The summed E-state index contributed by atoms with van der Waals surface area (Å²) in [5, 5.41) is 5.50. The molecule has 0 unspecified atom stereocenters. The molecule has 2 aromatic rings. The van der Waals surface area contributed by atoms with Crippen LogP contribution in [0.2, 0.25) is 0 Å². The summed E-state index contributed by atoms with van der Waals surface area (Å²) in [5.74, 6) is 0.746. The van der Waals surface area contributed by atoms with Gasteiger partial charge >= 0.3 is 0 Å². The lowest BCUT2D eigenvalue weighted by Gasteiger charge is -2.14. The van der Waals surface area contributed by atoms with Crippen LogP contribution in [0.4, 0.5) is 11.4 Å². The second-order valence-corrected chi connectivity index (χ2v) is 5.71. The molecule has 1 heterocycles. The van der Waals surface area contributed by atoms with Crippen molar-refractivity contribution < 1.29 is 4.74 Å². The first kappa shape index (κ1) is 13.7. The van der Waals surface area contributed by atoms with Crippen molar-refractivity contribution in [2.45, 2.75) is 26.4 Å². The molecule has 0 fully saturated rings. The number of anilines is 2. The average Bonchev–Trinajstić information content (AvgIpc) is 2.86. The lowest BCUT2D eigenvalue weighted by Crippen LogP contribution is -2.09. The van der Waals surface area contributed by atoms with Crippen molar-refractivity contribution >= 4 is 22.7 Å². The summed E-state index contributed by atoms with van der Waals surface area (Å²) < 4.78 is 5.67. The van der Waals surface area contributed by atoms with Gasteiger partial charge in [0.05, 0.1) is 11.8 Å². The molecule has 2 rings (SSSR count). The molecule has 0 aliphatic rings. The van der Waals surface area contributed by atoms with E-state index in [9.17, 15) is 0 Å². The maximum Gasteiger partial charge on any atom is 0.144 e. The average molecular weight is 276 g/mol. The summed E-state index contributed by atoms with van der Waals surface area (Å²) in [5.41, 5.74) is 7.61. The quantitative estimate of drug-likeness (QED) is 0.789. The molecule has 0 aliphatic carbocycles. The van der Waals surface area contributed by atoms with E-state index >= 15 is 0 Å². The number of benzene rings is 1. The van der Waals surface area contributed by atoms with Crippen molar-refractivity contribution in [1.29, 1.82) is 0 Å². The van der Waals surface area contributed by atoms with E-state index in [2.05, 4.69) is 22.8 Å². The van der Waals surface area contributed by atoms with E-state index in [0.717, 1.165) is 24.4 Å². The zero-order valence-electron chi connectivity index (χ0n) is 11.3. The summed E-state index contributed by atoms with van der Waals surface area (Å²) in [6.07, 6.45) is 1.16. The smallest absolute Gasteiger partial charge is 0.144 e. The summed E-state index contributed by atoms with van der Waals surface area (Å²) >= 11 is 1.79. The van der Waals surface area contributed by atoms with Gasteiger partial charge in [0.1, 0.15) is 5.75 Å². The van der Waals surface area contributed by atoms with Crippen LogP contribution in [0, 0.1) is 0 Å². The van der Waals surface area contributed by atoms with Crippen LogP contribution in [-0.4, -0.2) is 12.6 Å². The van der Waals surface area contributed by atoms with Gasteiger partial charge in [0.15, 0.2) is 0 Å². The lowest BCUT2D eigenvalue weighted by molar-refractivity contribution is 0.244. The summed E-state index contributed by atoms with van der Waals surface area (Å²) in [7, 11) is 0. The van der Waals surface area contributed by atoms with Gasteiger partial charge in [-0.3, -0.25) is 0 Å². The van der Waals surface area contributed by atoms with Crippen LogP contribution in [0.1, 0.15) is 18.7 Å². The highest BCUT2D eigenvalue weighted by Crippen LogP contribution is 2.26. The van der Waals surface area contributed by atoms with Crippen molar-refractivity contribution in [3.8, 4) is 5.75 Å². The van der Waals surface area contributed by atoms with E-state index in [1.165, 1.54) is 4.88 Å². The number of hydrogen-bond acceptors (Lipinski definition) is 4. The van der Waals surface area contributed by atoms with Gasteiger partial charge in [0.25, 0.3) is 0 Å². The molecular formula is C15H20N2OS. The second kappa shape index (κ2) is 6.48. The fourth-order valence-electron chi connectivity index (χ4n) is 1.79. The van der Waals surface area contributed by atoms with Crippen LogP contribution in [0.3, 0.4) is 0 Å². The van der Waals surface area contributed by atoms with Crippen LogP contribution in [0.5, 0.6) is 5.75 Å². The zero-order valence-corrected chi connectivity index (χ0v) is 12.2. The van der Waals surface area contributed by atoms with Gasteiger partial charge in [0, 0.05) is 23.2 Å². The SMILES string of the molecule is CC(C)Oc1cc(NCCc2cccs2)ccc1N. The van der Waals surface area contributed by atoms with Gasteiger partial charge in [-0.2, -0.15) is 0 Å². The van der Waals surface area contributed by atoms with E-state index in [1.54, 1.807) is 11.3 Å². The highest BCUT2D eigenvalue weighted by atomic mass is 32.1. The minimum absolute atomic E-state index is 0.128. The van der Waals surface area contributed by atoms with Gasteiger partial charge in [0.2, 0.25) is 0 Å². The molecule has 0 aliphatic heterocycles. The second-order valence-electron chi connectivity index (χ2n) is 4.68. The molecule has 0 saturated carbocycles. The predicted octanol–water partition coefficient (Wildman–Crippen LogP) is 3.77. The molecule has 0 amide bonds. The Morgan fingerprint density at radius 3 is 2.84 bits per heavy atom. The van der Waals surface area contributed by atoms with Crippen molar-refractivity contribution in [3.05, 3.63) is 40.6 Å². The molecule has 0 radical (unpaired) electrons. The molecule has 0 saturated heterocycles. The van der Waals surface area contributed by atoms with Gasteiger partial charge in [-0.15, -0.1) is 11.3 Å². The molecule has 102 valence electrons. The molecular weight excluding hydrogens is 256 g/mol. The third-order valence-corrected chi connectivity index (χ3v) is 3.59. The number of nitrogen functional groups attached to an aromatic ring is 1. The van der Waals surface area contributed by atoms with Crippen LogP contribution in [0.25, 0.3) is 0 Å². The Hall–Kier alpha value is -1.68. The maximum absolute atomic E-state index is 5.89. The van der Waals surface area contributed by atoms with Crippen LogP contribution >= 0.6 is 11.3 Å². The first-order valence-corrected chi connectivity index (χ1v) is 7.35. The van der Waals surface area contributed by atoms with Gasteiger partial charge in [-0.1, -0.05) is 6.07 Å². The van der Waals surface area contributed by atoms with E-state index in [0.29, 0.717) is 5.69 Å². The highest BCUT2D eigenvalue weighted by Gasteiger charge is 2.04. The molecule has 0 atom stereocenters. The number of rotatable bonds is 6. The van der Waals surface area contributed by atoms with E-state index in [-0.39, 0.29) is 6.10 Å². The Morgan fingerprint density at radius 1 is 1.32 bits per heavy atom. The van der Waals surface area contributed by atoms with Crippen LogP contribution in [-0.2, 0) is 6.42 Å². The Bertz CT molecular complexity index is 509. The first-order chi connectivity index (χ1) is 9.15. The Balaban J connectivity index is 1.93. The molecule has 4 heteroatoms. The van der Waals surface area contributed by atoms with Crippen molar-refractivity contribution in [3.63, 3.8) is 0 Å². The normalized spacial score (nSPS) is 10.7. The van der Waals surface area contributed by atoms with Gasteiger partial charge in [-0.05, 0) is 43.8 Å². The third kappa shape index (κ3) is 4.17. The molecule has 1 aromatic heterocycles. The molecule has 19 heavy (non-hydrogen) atoms. The van der Waals surface area contributed by atoms with E-state index in [1.807, 2.05) is 32.0 Å². The summed E-state index contributed by atoms with van der Waals surface area (Å²) in [6.45, 7) is 4.90. The van der Waals surface area contributed by atoms with Crippen LogP contribution < -0.4 is 15.8 Å². The summed E-state index contributed by atoms with van der Waals surface area (Å²) in [6, 6.07) is 10.1. The zero-order chi connectivity index (χ0) is 13.7. The van der Waals surface area contributed by atoms with E-state index in [4.69, 9.17) is 10.5 Å². The van der Waals surface area contributed by atoms with Gasteiger partial charge in [-0.25, -0.2) is 0 Å². The Labute approximate surface area is 118 Å². The fraction of sp³-hybridized carbons (Fsp3) is 0.333.